The topological polar surface area (TPSA) is 60.8 Å². The van der Waals surface area contributed by atoms with Gasteiger partial charge in [0.15, 0.2) is 0 Å². The van der Waals surface area contributed by atoms with Crippen LogP contribution in [0.3, 0.4) is 0 Å². The highest BCUT2D eigenvalue weighted by Crippen LogP contribution is 2.24. The molecule has 1 aromatic heterocycles. The molecule has 2 heterocycles. The van der Waals surface area contributed by atoms with Gasteiger partial charge in [0.1, 0.15) is 4.88 Å². The molecule has 88 valence electrons. The van der Waals surface area contributed by atoms with E-state index >= 15 is 0 Å². The Kier molecular flexibility index (Phi) is 3.01. The number of thiophene rings is 1. The van der Waals surface area contributed by atoms with Gasteiger partial charge in [0.25, 0.3) is 0 Å². The maximum Gasteiger partial charge on any atom is 0.345 e. The average molecular weight is 241 g/mol. The van der Waals surface area contributed by atoms with Crippen molar-refractivity contribution < 1.29 is 15.0 Å². The number of β-amino-alcohol motifs (C(OH)–C–C–N with tert-alkyl or cyclic N) is 1. The minimum absolute atomic E-state index is 0.376. The highest BCUT2D eigenvalue weighted by atomic mass is 32.1. The van der Waals surface area contributed by atoms with Crippen LogP contribution in [-0.4, -0.2) is 39.8 Å². The standard InChI is InChI=1S/C11H15NO3S/c1-11(15)4-5-12(7-11)6-8-2-3-9(16-8)10(13)14/h2-3,15H,4-7H2,1H3,(H,13,14). The second kappa shape index (κ2) is 4.16. The van der Waals surface area contributed by atoms with E-state index in [1.807, 2.05) is 13.0 Å². The first-order chi connectivity index (χ1) is 7.46. The summed E-state index contributed by atoms with van der Waals surface area (Å²) in [7, 11) is 0. The van der Waals surface area contributed by atoms with E-state index < -0.39 is 11.6 Å². The first-order valence-corrected chi connectivity index (χ1v) is 6.05. The number of carbonyl (C=O) groups is 1. The van der Waals surface area contributed by atoms with E-state index in [2.05, 4.69) is 4.90 Å². The summed E-state index contributed by atoms with van der Waals surface area (Å²) in [6, 6.07) is 3.48. The van der Waals surface area contributed by atoms with E-state index in [0.717, 1.165) is 24.4 Å². The molecule has 0 aromatic carbocycles. The van der Waals surface area contributed by atoms with Crippen LogP contribution in [0, 0.1) is 0 Å². The van der Waals surface area contributed by atoms with Crippen LogP contribution in [0.15, 0.2) is 12.1 Å². The third-order valence-corrected chi connectivity index (χ3v) is 3.84. The Bertz CT molecular complexity index is 400. The predicted octanol–water partition coefficient (Wildman–Crippen LogP) is 1.40. The van der Waals surface area contributed by atoms with Crippen molar-refractivity contribution in [2.75, 3.05) is 13.1 Å². The molecule has 0 spiro atoms. The molecule has 1 aromatic rings. The molecule has 0 aliphatic carbocycles. The summed E-state index contributed by atoms with van der Waals surface area (Å²) < 4.78 is 0. The van der Waals surface area contributed by atoms with Crippen molar-refractivity contribution in [3.8, 4) is 0 Å². The monoisotopic (exact) mass is 241 g/mol. The van der Waals surface area contributed by atoms with Crippen molar-refractivity contribution in [3.63, 3.8) is 0 Å². The number of hydrogen-bond donors (Lipinski definition) is 2. The second-order valence-corrected chi connectivity index (χ2v) is 5.70. The Morgan fingerprint density at radius 1 is 1.62 bits per heavy atom. The van der Waals surface area contributed by atoms with Crippen LogP contribution in [0.1, 0.15) is 27.9 Å². The van der Waals surface area contributed by atoms with E-state index in [4.69, 9.17) is 5.11 Å². The lowest BCUT2D eigenvalue weighted by Crippen LogP contribution is -2.29. The highest BCUT2D eigenvalue weighted by molar-refractivity contribution is 7.13. The SMILES string of the molecule is CC1(O)CCN(Cc2ccc(C(=O)O)s2)C1. The van der Waals surface area contributed by atoms with Gasteiger partial charge in [-0.25, -0.2) is 4.79 Å². The summed E-state index contributed by atoms with van der Waals surface area (Å²) in [5.74, 6) is -0.871. The number of aromatic carboxylic acids is 1. The van der Waals surface area contributed by atoms with Crippen molar-refractivity contribution in [2.24, 2.45) is 0 Å². The predicted molar refractivity (Wildman–Crippen MR) is 61.8 cm³/mol. The van der Waals surface area contributed by atoms with Gasteiger partial charge in [-0.15, -0.1) is 11.3 Å². The first-order valence-electron chi connectivity index (χ1n) is 5.23. The summed E-state index contributed by atoms with van der Waals surface area (Å²) in [6.45, 7) is 4.10. The van der Waals surface area contributed by atoms with E-state index in [1.54, 1.807) is 6.07 Å². The minimum Gasteiger partial charge on any atom is -0.477 e. The third kappa shape index (κ3) is 2.61. The molecule has 0 radical (unpaired) electrons. The molecule has 1 atom stereocenters. The van der Waals surface area contributed by atoms with Crippen molar-refractivity contribution in [1.82, 2.24) is 4.90 Å². The Morgan fingerprint density at radius 3 is 2.88 bits per heavy atom. The summed E-state index contributed by atoms with van der Waals surface area (Å²) >= 11 is 1.31. The Balaban J connectivity index is 1.97. The van der Waals surface area contributed by atoms with Gasteiger partial charge < -0.3 is 10.2 Å². The fraction of sp³-hybridized carbons (Fsp3) is 0.545. The number of carboxylic acids is 1. The van der Waals surface area contributed by atoms with Crippen LogP contribution in [-0.2, 0) is 6.54 Å². The van der Waals surface area contributed by atoms with Gasteiger partial charge in [-0.2, -0.15) is 0 Å². The summed E-state index contributed by atoms with van der Waals surface area (Å²) in [6.07, 6.45) is 0.782. The second-order valence-electron chi connectivity index (χ2n) is 4.53. The van der Waals surface area contributed by atoms with Crippen LogP contribution < -0.4 is 0 Å². The number of nitrogens with zero attached hydrogens (tertiary/aromatic N) is 1. The smallest absolute Gasteiger partial charge is 0.345 e. The molecule has 1 aliphatic rings. The van der Waals surface area contributed by atoms with Gasteiger partial charge in [-0.05, 0) is 25.5 Å². The fourth-order valence-electron chi connectivity index (χ4n) is 1.97. The molecule has 5 heteroatoms. The molecular formula is C11H15NO3S. The number of likely N-dealkylation sites (tertiary alicyclic amines) is 1. The molecule has 0 bridgehead atoms. The molecule has 16 heavy (non-hydrogen) atoms. The van der Waals surface area contributed by atoms with Crippen LogP contribution >= 0.6 is 11.3 Å². The van der Waals surface area contributed by atoms with E-state index in [0.29, 0.717) is 11.4 Å². The van der Waals surface area contributed by atoms with Gasteiger partial charge in [0, 0.05) is 24.5 Å². The zero-order chi connectivity index (χ0) is 11.8. The summed E-state index contributed by atoms with van der Waals surface area (Å²) in [4.78, 5) is 14.3. The van der Waals surface area contributed by atoms with Crippen molar-refractivity contribution in [3.05, 3.63) is 21.9 Å². The van der Waals surface area contributed by atoms with Crippen LogP contribution in [0.5, 0.6) is 0 Å². The normalized spacial score (nSPS) is 26.1. The number of rotatable bonds is 3. The van der Waals surface area contributed by atoms with Gasteiger partial charge in [0.2, 0.25) is 0 Å². The lowest BCUT2D eigenvalue weighted by molar-refractivity contribution is 0.0677. The van der Waals surface area contributed by atoms with Crippen LogP contribution in [0.4, 0.5) is 0 Å². The van der Waals surface area contributed by atoms with Gasteiger partial charge in [-0.1, -0.05) is 0 Å². The average Bonchev–Trinajstić information content (AvgIpc) is 2.73. The molecule has 2 N–H and O–H groups in total. The Morgan fingerprint density at radius 2 is 2.38 bits per heavy atom. The zero-order valence-corrected chi connectivity index (χ0v) is 9.96. The van der Waals surface area contributed by atoms with E-state index in [9.17, 15) is 9.90 Å². The largest absolute Gasteiger partial charge is 0.477 e. The molecule has 0 amide bonds. The van der Waals surface area contributed by atoms with E-state index in [1.165, 1.54) is 11.3 Å². The number of carboxylic acid groups (broad SMARTS) is 1. The quantitative estimate of drug-likeness (QED) is 0.840. The fourth-order valence-corrected chi connectivity index (χ4v) is 2.86. The Labute approximate surface area is 98.1 Å². The van der Waals surface area contributed by atoms with Crippen LogP contribution in [0.2, 0.25) is 0 Å². The molecule has 1 fully saturated rings. The molecule has 4 nitrogen and oxygen atoms in total. The van der Waals surface area contributed by atoms with Gasteiger partial charge >= 0.3 is 5.97 Å². The molecule has 1 unspecified atom stereocenters. The molecule has 1 aliphatic heterocycles. The summed E-state index contributed by atoms with van der Waals surface area (Å²) in [5.41, 5.74) is -0.590. The summed E-state index contributed by atoms with van der Waals surface area (Å²) in [5, 5.41) is 18.6. The van der Waals surface area contributed by atoms with Crippen molar-refractivity contribution in [2.45, 2.75) is 25.5 Å². The molecular weight excluding hydrogens is 226 g/mol. The van der Waals surface area contributed by atoms with E-state index in [-0.39, 0.29) is 0 Å². The zero-order valence-electron chi connectivity index (χ0n) is 9.14. The highest BCUT2D eigenvalue weighted by Gasteiger charge is 2.31. The van der Waals surface area contributed by atoms with Gasteiger partial charge in [0.05, 0.1) is 5.60 Å². The third-order valence-electron chi connectivity index (χ3n) is 2.78. The van der Waals surface area contributed by atoms with Crippen molar-refractivity contribution in [1.29, 1.82) is 0 Å². The lowest BCUT2D eigenvalue weighted by Gasteiger charge is -2.17. The van der Waals surface area contributed by atoms with Gasteiger partial charge in [-0.3, -0.25) is 4.90 Å². The van der Waals surface area contributed by atoms with Crippen molar-refractivity contribution >= 4 is 17.3 Å². The number of aliphatic hydroxyl groups is 1. The minimum atomic E-state index is -0.871. The first kappa shape index (κ1) is 11.6. The lowest BCUT2D eigenvalue weighted by atomic mass is 10.1. The molecule has 2 rings (SSSR count). The number of hydrogen-bond acceptors (Lipinski definition) is 4. The maximum absolute atomic E-state index is 10.7. The Hall–Kier alpha value is -0.910. The molecule has 1 saturated heterocycles. The maximum atomic E-state index is 10.7. The molecule has 0 saturated carbocycles. The van der Waals surface area contributed by atoms with Crippen LogP contribution in [0.25, 0.3) is 0 Å².